The first-order valence-corrected chi connectivity index (χ1v) is 9.52. The van der Waals surface area contributed by atoms with Crippen LogP contribution < -0.4 is 10.1 Å². The van der Waals surface area contributed by atoms with Crippen molar-refractivity contribution in [3.05, 3.63) is 29.8 Å². The summed E-state index contributed by atoms with van der Waals surface area (Å²) in [5.74, 6) is 1.43. The highest BCUT2D eigenvalue weighted by Crippen LogP contribution is 2.17. The smallest absolute Gasteiger partial charge is 0.147 e. The molecule has 0 spiro atoms. The third kappa shape index (κ3) is 8.07. The van der Waals surface area contributed by atoms with Gasteiger partial charge in [0.2, 0.25) is 0 Å². The Kier molecular flexibility index (Phi) is 7.75. The van der Waals surface area contributed by atoms with Crippen molar-refractivity contribution in [2.45, 2.75) is 26.2 Å². The lowest BCUT2D eigenvalue weighted by Gasteiger charge is -2.17. The number of rotatable bonds is 10. The predicted molar refractivity (Wildman–Crippen MR) is 87.7 cm³/mol. The average molecular weight is 313 g/mol. The van der Waals surface area contributed by atoms with Gasteiger partial charge in [-0.15, -0.1) is 0 Å². The Morgan fingerprint density at radius 3 is 2.43 bits per heavy atom. The SMILES string of the molecule is CCCNCC(CCS(C)(=O)=O)Cc1ccc(OC)cc1. The van der Waals surface area contributed by atoms with E-state index >= 15 is 0 Å². The minimum atomic E-state index is -2.90. The van der Waals surface area contributed by atoms with Crippen LogP contribution >= 0.6 is 0 Å². The highest BCUT2D eigenvalue weighted by atomic mass is 32.2. The van der Waals surface area contributed by atoms with Gasteiger partial charge in [-0.1, -0.05) is 19.1 Å². The van der Waals surface area contributed by atoms with Gasteiger partial charge in [-0.2, -0.15) is 0 Å². The van der Waals surface area contributed by atoms with Crippen LogP contribution in [0.5, 0.6) is 5.75 Å². The molecular weight excluding hydrogens is 286 g/mol. The number of methoxy groups -OCH3 is 1. The van der Waals surface area contributed by atoms with E-state index in [1.807, 2.05) is 24.3 Å². The third-order valence-corrected chi connectivity index (χ3v) is 4.42. The monoisotopic (exact) mass is 313 g/mol. The normalized spacial score (nSPS) is 13.1. The molecule has 0 aliphatic heterocycles. The molecule has 1 N–H and O–H groups in total. The van der Waals surface area contributed by atoms with Gasteiger partial charge in [-0.3, -0.25) is 0 Å². The van der Waals surface area contributed by atoms with E-state index in [0.29, 0.717) is 12.3 Å². The molecule has 1 aromatic rings. The third-order valence-electron chi connectivity index (χ3n) is 3.44. The molecule has 0 fully saturated rings. The van der Waals surface area contributed by atoms with Crippen LogP contribution in [0.3, 0.4) is 0 Å². The molecule has 0 saturated heterocycles. The first-order valence-electron chi connectivity index (χ1n) is 7.46. The van der Waals surface area contributed by atoms with Crippen molar-refractivity contribution < 1.29 is 13.2 Å². The van der Waals surface area contributed by atoms with Crippen molar-refractivity contribution in [2.75, 3.05) is 32.2 Å². The summed E-state index contributed by atoms with van der Waals surface area (Å²) < 4.78 is 27.9. The Labute approximate surface area is 128 Å². The van der Waals surface area contributed by atoms with Gasteiger partial charge in [-0.05, 0) is 56.0 Å². The number of hydrogen-bond donors (Lipinski definition) is 1. The summed E-state index contributed by atoms with van der Waals surface area (Å²) in [4.78, 5) is 0. The van der Waals surface area contributed by atoms with Crippen molar-refractivity contribution in [1.29, 1.82) is 0 Å². The lowest BCUT2D eigenvalue weighted by Crippen LogP contribution is -2.26. The maximum Gasteiger partial charge on any atom is 0.147 e. The van der Waals surface area contributed by atoms with Crippen LogP contribution in [0.15, 0.2) is 24.3 Å². The molecule has 0 bridgehead atoms. The molecule has 21 heavy (non-hydrogen) atoms. The fourth-order valence-corrected chi connectivity index (χ4v) is 3.00. The summed E-state index contributed by atoms with van der Waals surface area (Å²) in [6, 6.07) is 7.99. The van der Waals surface area contributed by atoms with Gasteiger partial charge in [0.05, 0.1) is 12.9 Å². The van der Waals surface area contributed by atoms with Gasteiger partial charge in [0.25, 0.3) is 0 Å². The van der Waals surface area contributed by atoms with Crippen molar-refractivity contribution in [3.63, 3.8) is 0 Å². The summed E-state index contributed by atoms with van der Waals surface area (Å²) in [7, 11) is -1.25. The highest BCUT2D eigenvalue weighted by molar-refractivity contribution is 7.90. The van der Waals surface area contributed by atoms with Crippen molar-refractivity contribution in [3.8, 4) is 5.75 Å². The molecule has 1 unspecified atom stereocenters. The minimum absolute atomic E-state index is 0.252. The van der Waals surface area contributed by atoms with E-state index in [-0.39, 0.29) is 5.75 Å². The maximum atomic E-state index is 11.4. The van der Waals surface area contributed by atoms with Gasteiger partial charge in [0, 0.05) is 6.26 Å². The van der Waals surface area contributed by atoms with Gasteiger partial charge in [0.15, 0.2) is 0 Å². The molecule has 1 atom stereocenters. The van der Waals surface area contributed by atoms with E-state index in [1.165, 1.54) is 11.8 Å². The molecule has 0 aliphatic carbocycles. The topological polar surface area (TPSA) is 55.4 Å². The quantitative estimate of drug-likeness (QED) is 0.673. The van der Waals surface area contributed by atoms with Gasteiger partial charge in [-0.25, -0.2) is 8.42 Å². The van der Waals surface area contributed by atoms with Gasteiger partial charge < -0.3 is 10.1 Å². The Hall–Kier alpha value is -1.07. The fraction of sp³-hybridized carbons (Fsp3) is 0.625. The Morgan fingerprint density at radius 2 is 1.90 bits per heavy atom. The van der Waals surface area contributed by atoms with Crippen LogP contribution in [0.1, 0.15) is 25.3 Å². The summed E-state index contributed by atoms with van der Waals surface area (Å²) in [5, 5.41) is 3.39. The minimum Gasteiger partial charge on any atom is -0.497 e. The zero-order valence-corrected chi connectivity index (χ0v) is 14.1. The number of sulfone groups is 1. The lowest BCUT2D eigenvalue weighted by atomic mass is 9.96. The summed E-state index contributed by atoms with van der Waals surface area (Å²) in [5.41, 5.74) is 1.22. The zero-order valence-electron chi connectivity index (χ0n) is 13.3. The Balaban J connectivity index is 2.60. The zero-order chi connectivity index (χ0) is 15.7. The fourth-order valence-electron chi connectivity index (χ4n) is 2.23. The van der Waals surface area contributed by atoms with Crippen molar-refractivity contribution in [1.82, 2.24) is 5.32 Å². The van der Waals surface area contributed by atoms with E-state index in [2.05, 4.69) is 12.2 Å². The number of hydrogen-bond acceptors (Lipinski definition) is 4. The number of nitrogens with one attached hydrogen (secondary N) is 1. The molecular formula is C16H27NO3S. The first-order chi connectivity index (χ1) is 9.94. The van der Waals surface area contributed by atoms with Crippen LogP contribution in [-0.4, -0.2) is 40.6 Å². The van der Waals surface area contributed by atoms with Crippen LogP contribution in [-0.2, 0) is 16.3 Å². The summed E-state index contributed by atoms with van der Waals surface area (Å²) in [6.07, 6.45) is 3.97. The van der Waals surface area contributed by atoms with Crippen molar-refractivity contribution in [2.24, 2.45) is 5.92 Å². The summed E-state index contributed by atoms with van der Waals surface area (Å²) >= 11 is 0. The van der Waals surface area contributed by atoms with Gasteiger partial charge in [0.1, 0.15) is 15.6 Å². The molecule has 120 valence electrons. The van der Waals surface area contributed by atoms with Gasteiger partial charge >= 0.3 is 0 Å². The molecule has 0 radical (unpaired) electrons. The molecule has 1 rings (SSSR count). The number of benzene rings is 1. The van der Waals surface area contributed by atoms with E-state index in [9.17, 15) is 8.42 Å². The Morgan fingerprint density at radius 1 is 1.24 bits per heavy atom. The molecule has 5 heteroatoms. The average Bonchev–Trinajstić information content (AvgIpc) is 2.45. The van der Waals surface area contributed by atoms with E-state index in [0.717, 1.165) is 31.7 Å². The molecule has 1 aromatic carbocycles. The first kappa shape index (κ1) is 18.0. The van der Waals surface area contributed by atoms with E-state index in [1.54, 1.807) is 7.11 Å². The molecule has 0 aromatic heterocycles. The van der Waals surface area contributed by atoms with Crippen LogP contribution in [0, 0.1) is 5.92 Å². The second-order valence-corrected chi connectivity index (χ2v) is 7.80. The second-order valence-electron chi connectivity index (χ2n) is 5.54. The molecule has 0 saturated carbocycles. The second kappa shape index (κ2) is 9.05. The number of ether oxygens (including phenoxy) is 1. The predicted octanol–water partition coefficient (Wildman–Crippen LogP) is 2.29. The van der Waals surface area contributed by atoms with Crippen LogP contribution in [0.25, 0.3) is 0 Å². The molecule has 0 amide bonds. The summed E-state index contributed by atoms with van der Waals surface area (Å²) in [6.45, 7) is 3.95. The van der Waals surface area contributed by atoms with E-state index in [4.69, 9.17) is 4.74 Å². The largest absolute Gasteiger partial charge is 0.497 e. The van der Waals surface area contributed by atoms with Crippen LogP contribution in [0.2, 0.25) is 0 Å². The maximum absolute atomic E-state index is 11.4. The lowest BCUT2D eigenvalue weighted by molar-refractivity contribution is 0.414. The molecule has 4 nitrogen and oxygen atoms in total. The molecule has 0 heterocycles. The van der Waals surface area contributed by atoms with Crippen LogP contribution in [0.4, 0.5) is 0 Å². The Bertz CT molecular complexity index is 497. The van der Waals surface area contributed by atoms with E-state index < -0.39 is 9.84 Å². The highest BCUT2D eigenvalue weighted by Gasteiger charge is 2.13. The van der Waals surface area contributed by atoms with Crippen molar-refractivity contribution >= 4 is 9.84 Å². The standard InChI is InChI=1S/C16H27NO3S/c1-4-10-17-13-15(9-11-21(3,18)19)12-14-5-7-16(20-2)8-6-14/h5-8,15,17H,4,9-13H2,1-3H3. The molecule has 0 aliphatic rings.